The zero-order chi connectivity index (χ0) is 25.8. The Kier molecular flexibility index (Phi) is 15.7. The first-order valence-electron chi connectivity index (χ1n) is 14.5. The molecule has 0 saturated carbocycles. The molecule has 0 heterocycles. The summed E-state index contributed by atoms with van der Waals surface area (Å²) >= 11 is 0. The summed E-state index contributed by atoms with van der Waals surface area (Å²) in [6.07, 6.45) is 18.1. The van der Waals surface area contributed by atoms with E-state index in [1.165, 1.54) is 77.0 Å². The number of hydrogen-bond acceptors (Lipinski definition) is 4. The standard InChI is InChI=1S/C32H50N2O2/c1-3-5-7-9-11-13-21-30(29-20-15-17-23-32(29)36)34(25-18-12-10-8-6-4-2)26-24-33-27-28-19-14-16-22-31(28)35/h14-17,19-20,22-23,27,30,35-36H,3-13,18,21,24-26H2,1-2H3. The van der Waals surface area contributed by atoms with Gasteiger partial charge in [-0.15, -0.1) is 0 Å². The molecule has 0 aliphatic heterocycles. The first kappa shape index (κ1) is 29.9. The third kappa shape index (κ3) is 11.6. The van der Waals surface area contributed by atoms with E-state index in [4.69, 9.17) is 0 Å². The smallest absolute Gasteiger partial charge is 0.124 e. The molecule has 2 N–H and O–H groups in total. The van der Waals surface area contributed by atoms with Crippen molar-refractivity contribution in [1.29, 1.82) is 0 Å². The summed E-state index contributed by atoms with van der Waals surface area (Å²) in [6, 6.07) is 15.4. The van der Waals surface area contributed by atoms with Crippen molar-refractivity contribution < 1.29 is 10.2 Å². The fourth-order valence-corrected chi connectivity index (χ4v) is 4.89. The molecule has 0 aliphatic carbocycles. The normalized spacial score (nSPS) is 12.5. The maximum Gasteiger partial charge on any atom is 0.124 e. The Balaban J connectivity index is 2.07. The molecule has 4 nitrogen and oxygen atoms in total. The molecule has 0 bridgehead atoms. The number of nitrogens with zero attached hydrogens (tertiary/aromatic N) is 2. The van der Waals surface area contributed by atoms with E-state index in [0.717, 1.165) is 30.6 Å². The van der Waals surface area contributed by atoms with Gasteiger partial charge in [-0.3, -0.25) is 9.89 Å². The second kappa shape index (κ2) is 18.9. The Hall–Kier alpha value is -2.33. The van der Waals surface area contributed by atoms with Crippen LogP contribution in [0.3, 0.4) is 0 Å². The lowest BCUT2D eigenvalue weighted by Crippen LogP contribution is -2.32. The minimum absolute atomic E-state index is 0.202. The molecule has 1 unspecified atom stereocenters. The van der Waals surface area contributed by atoms with Crippen molar-refractivity contribution in [3.05, 3.63) is 59.7 Å². The first-order valence-corrected chi connectivity index (χ1v) is 14.5. The van der Waals surface area contributed by atoms with Gasteiger partial charge in [0.05, 0.1) is 6.54 Å². The Labute approximate surface area is 220 Å². The van der Waals surface area contributed by atoms with Crippen LogP contribution < -0.4 is 0 Å². The summed E-state index contributed by atoms with van der Waals surface area (Å²) in [5.41, 5.74) is 1.80. The number of phenolic OH excluding ortho intramolecular Hbond substituents is 2. The largest absolute Gasteiger partial charge is 0.508 e. The van der Waals surface area contributed by atoms with Crippen LogP contribution in [0.5, 0.6) is 11.5 Å². The van der Waals surface area contributed by atoms with Crippen LogP contribution in [0.2, 0.25) is 0 Å². The van der Waals surface area contributed by atoms with Gasteiger partial charge in [-0.2, -0.15) is 0 Å². The molecule has 200 valence electrons. The molecule has 1 atom stereocenters. The highest BCUT2D eigenvalue weighted by Crippen LogP contribution is 2.33. The van der Waals surface area contributed by atoms with E-state index in [1.807, 2.05) is 36.4 Å². The van der Waals surface area contributed by atoms with Gasteiger partial charge in [0.25, 0.3) is 0 Å². The van der Waals surface area contributed by atoms with Gasteiger partial charge in [0, 0.05) is 29.9 Å². The van der Waals surface area contributed by atoms with Crippen molar-refractivity contribution in [2.75, 3.05) is 19.6 Å². The molecule has 0 aliphatic rings. The van der Waals surface area contributed by atoms with E-state index in [9.17, 15) is 10.2 Å². The monoisotopic (exact) mass is 494 g/mol. The molecule has 36 heavy (non-hydrogen) atoms. The van der Waals surface area contributed by atoms with Crippen LogP contribution in [0.1, 0.15) is 114 Å². The minimum Gasteiger partial charge on any atom is -0.508 e. The molecule has 2 rings (SSSR count). The predicted octanol–water partition coefficient (Wildman–Crippen LogP) is 8.67. The number of hydrogen-bond donors (Lipinski definition) is 2. The van der Waals surface area contributed by atoms with Crippen molar-refractivity contribution in [1.82, 2.24) is 4.90 Å². The van der Waals surface area contributed by atoms with Gasteiger partial charge >= 0.3 is 0 Å². The number of para-hydroxylation sites is 2. The minimum atomic E-state index is 0.202. The van der Waals surface area contributed by atoms with Crippen molar-refractivity contribution in [3.63, 3.8) is 0 Å². The van der Waals surface area contributed by atoms with Gasteiger partial charge in [-0.1, -0.05) is 115 Å². The topological polar surface area (TPSA) is 56.1 Å². The van der Waals surface area contributed by atoms with Crippen LogP contribution in [0, 0.1) is 0 Å². The number of aliphatic imine (C=N–C) groups is 1. The molecule has 0 saturated heterocycles. The van der Waals surface area contributed by atoms with Crippen LogP contribution in [-0.2, 0) is 0 Å². The maximum atomic E-state index is 10.7. The lowest BCUT2D eigenvalue weighted by molar-refractivity contribution is 0.182. The van der Waals surface area contributed by atoms with E-state index in [1.54, 1.807) is 12.3 Å². The van der Waals surface area contributed by atoms with Crippen LogP contribution in [0.25, 0.3) is 0 Å². The molecular weight excluding hydrogens is 444 g/mol. The van der Waals surface area contributed by atoms with Crippen molar-refractivity contribution in [3.8, 4) is 11.5 Å². The summed E-state index contributed by atoms with van der Waals surface area (Å²) in [5.74, 6) is 0.666. The molecule has 0 spiro atoms. The van der Waals surface area contributed by atoms with Crippen molar-refractivity contribution in [2.45, 2.75) is 103 Å². The third-order valence-corrected chi connectivity index (χ3v) is 7.05. The van der Waals surface area contributed by atoms with Crippen molar-refractivity contribution >= 4 is 6.21 Å². The number of phenols is 2. The molecule has 2 aromatic carbocycles. The fourth-order valence-electron chi connectivity index (χ4n) is 4.89. The molecule has 4 heteroatoms. The highest BCUT2D eigenvalue weighted by atomic mass is 16.3. The van der Waals surface area contributed by atoms with E-state index < -0.39 is 0 Å². The van der Waals surface area contributed by atoms with Gasteiger partial charge in [-0.25, -0.2) is 0 Å². The maximum absolute atomic E-state index is 10.7. The Morgan fingerprint density at radius 2 is 1.28 bits per heavy atom. The van der Waals surface area contributed by atoms with Crippen LogP contribution >= 0.6 is 0 Å². The number of unbranched alkanes of at least 4 members (excludes halogenated alkanes) is 10. The Morgan fingerprint density at radius 1 is 0.694 bits per heavy atom. The van der Waals surface area contributed by atoms with Gasteiger partial charge in [-0.05, 0) is 37.6 Å². The summed E-state index contributed by atoms with van der Waals surface area (Å²) in [6.45, 7) is 7.05. The highest BCUT2D eigenvalue weighted by Gasteiger charge is 2.22. The predicted molar refractivity (Wildman–Crippen MR) is 154 cm³/mol. The average Bonchev–Trinajstić information content (AvgIpc) is 2.89. The van der Waals surface area contributed by atoms with E-state index >= 15 is 0 Å². The molecule has 0 fully saturated rings. The molecule has 2 aromatic rings. The molecular formula is C32H50N2O2. The quantitative estimate of drug-likeness (QED) is 0.143. The van der Waals surface area contributed by atoms with Gasteiger partial charge in [0.1, 0.15) is 11.5 Å². The summed E-state index contributed by atoms with van der Waals surface area (Å²) in [7, 11) is 0. The summed E-state index contributed by atoms with van der Waals surface area (Å²) in [5, 5.41) is 20.8. The lowest BCUT2D eigenvalue weighted by atomic mass is 9.96. The van der Waals surface area contributed by atoms with E-state index in [-0.39, 0.29) is 11.8 Å². The fraction of sp³-hybridized carbons (Fsp3) is 0.594. The first-order chi connectivity index (χ1) is 17.7. The second-order valence-electron chi connectivity index (χ2n) is 10.0. The Morgan fingerprint density at radius 3 is 1.94 bits per heavy atom. The van der Waals surface area contributed by atoms with Crippen LogP contribution in [0.15, 0.2) is 53.5 Å². The van der Waals surface area contributed by atoms with Crippen LogP contribution in [-0.4, -0.2) is 41.0 Å². The van der Waals surface area contributed by atoms with E-state index in [0.29, 0.717) is 12.3 Å². The third-order valence-electron chi connectivity index (χ3n) is 7.05. The van der Waals surface area contributed by atoms with E-state index in [2.05, 4.69) is 29.8 Å². The van der Waals surface area contributed by atoms with Gasteiger partial charge in [0.2, 0.25) is 0 Å². The number of benzene rings is 2. The van der Waals surface area contributed by atoms with Crippen LogP contribution in [0.4, 0.5) is 0 Å². The SMILES string of the molecule is CCCCCCCCC(c1ccccc1O)N(CCCCCCCC)CCN=Cc1ccccc1O. The summed E-state index contributed by atoms with van der Waals surface area (Å²) in [4.78, 5) is 7.20. The second-order valence-corrected chi connectivity index (χ2v) is 10.0. The summed E-state index contributed by atoms with van der Waals surface area (Å²) < 4.78 is 0. The highest BCUT2D eigenvalue weighted by molar-refractivity contribution is 5.83. The zero-order valence-electron chi connectivity index (χ0n) is 22.9. The van der Waals surface area contributed by atoms with Gasteiger partial charge in [0.15, 0.2) is 0 Å². The Bertz CT molecular complexity index is 852. The van der Waals surface area contributed by atoms with Gasteiger partial charge < -0.3 is 10.2 Å². The molecule has 0 amide bonds. The molecule has 0 radical (unpaired) electrons. The molecule has 0 aromatic heterocycles. The number of aromatic hydroxyl groups is 2. The van der Waals surface area contributed by atoms with Crippen molar-refractivity contribution in [2.24, 2.45) is 4.99 Å². The zero-order valence-corrected chi connectivity index (χ0v) is 22.9. The lowest BCUT2D eigenvalue weighted by Gasteiger charge is -2.32. The average molecular weight is 495 g/mol. The number of rotatable bonds is 20.